The van der Waals surface area contributed by atoms with E-state index in [4.69, 9.17) is 0 Å². The maximum absolute atomic E-state index is 13.7. The van der Waals surface area contributed by atoms with E-state index in [1.54, 1.807) is 19.3 Å². The molecule has 2 heterocycles. The molecule has 0 radical (unpaired) electrons. The van der Waals surface area contributed by atoms with Crippen LogP contribution in [-0.4, -0.2) is 35.9 Å². The Hall–Kier alpha value is -3.82. The number of amides is 3. The first-order valence-electron chi connectivity index (χ1n) is 10.3. The van der Waals surface area contributed by atoms with Gasteiger partial charge in [0.2, 0.25) is 0 Å². The Labute approximate surface area is 186 Å². The van der Waals surface area contributed by atoms with Crippen LogP contribution in [0.5, 0.6) is 5.75 Å². The molecule has 1 saturated heterocycles. The van der Waals surface area contributed by atoms with Crippen molar-refractivity contribution in [3.05, 3.63) is 54.7 Å². The monoisotopic (exact) mass is 456 g/mol. The van der Waals surface area contributed by atoms with Crippen LogP contribution in [0, 0.1) is 5.92 Å². The number of imide groups is 1. The lowest BCUT2D eigenvalue weighted by atomic mass is 10.1. The van der Waals surface area contributed by atoms with E-state index in [1.807, 2.05) is 25.1 Å². The molecule has 2 unspecified atom stereocenters. The van der Waals surface area contributed by atoms with Crippen molar-refractivity contribution in [1.29, 1.82) is 0 Å². The number of ether oxygens (including phenoxy) is 1. The van der Waals surface area contributed by atoms with Crippen molar-refractivity contribution in [2.24, 2.45) is 5.92 Å². The van der Waals surface area contributed by atoms with Crippen molar-refractivity contribution in [3.8, 4) is 5.75 Å². The molecule has 2 aliphatic rings. The Balaban J connectivity index is 1.60. The van der Waals surface area contributed by atoms with Crippen molar-refractivity contribution in [1.82, 2.24) is 4.98 Å². The molecule has 170 valence electrons. The highest BCUT2D eigenvalue weighted by atomic mass is 19.4. The molecule has 1 aromatic heterocycles. The Morgan fingerprint density at radius 3 is 2.42 bits per heavy atom. The van der Waals surface area contributed by atoms with Gasteiger partial charge in [-0.25, -0.2) is 9.69 Å². The van der Waals surface area contributed by atoms with Gasteiger partial charge in [-0.15, -0.1) is 13.2 Å². The molecular weight excluding hydrogens is 437 g/mol. The molecule has 3 amide bonds. The highest BCUT2D eigenvalue weighted by Crippen LogP contribution is 2.56. The van der Waals surface area contributed by atoms with Crippen LogP contribution in [0.25, 0.3) is 10.9 Å². The third-order valence-corrected chi connectivity index (χ3v) is 6.21. The Kier molecular flexibility index (Phi) is 4.52. The van der Waals surface area contributed by atoms with Gasteiger partial charge in [-0.3, -0.25) is 14.7 Å². The molecule has 5 rings (SSSR count). The second-order valence-corrected chi connectivity index (χ2v) is 8.11. The fourth-order valence-corrected chi connectivity index (χ4v) is 4.59. The molecule has 0 bridgehead atoms. The van der Waals surface area contributed by atoms with Gasteiger partial charge in [0.25, 0.3) is 5.91 Å². The predicted octanol–water partition coefficient (Wildman–Crippen LogP) is 4.93. The van der Waals surface area contributed by atoms with Crippen molar-refractivity contribution in [2.75, 3.05) is 22.2 Å². The summed E-state index contributed by atoms with van der Waals surface area (Å²) in [4.78, 5) is 34.1. The van der Waals surface area contributed by atoms with Gasteiger partial charge in [0.05, 0.1) is 16.9 Å². The smallest absolute Gasteiger partial charge is 0.406 e. The molecular formula is C23H19F3N4O3. The molecule has 1 spiro atoms. The number of carbonyl (C=O) groups excluding carboxylic acids is 2. The van der Waals surface area contributed by atoms with E-state index < -0.39 is 29.6 Å². The number of nitrogens with one attached hydrogen (secondary N) is 1. The van der Waals surface area contributed by atoms with Gasteiger partial charge in [0.15, 0.2) is 0 Å². The minimum Gasteiger partial charge on any atom is -0.406 e. The van der Waals surface area contributed by atoms with Crippen LogP contribution in [0.15, 0.2) is 54.7 Å². The van der Waals surface area contributed by atoms with Crippen LogP contribution in [0.2, 0.25) is 0 Å². The summed E-state index contributed by atoms with van der Waals surface area (Å²) in [5.74, 6) is -0.927. The number of hydrogen-bond donors (Lipinski definition) is 1. The highest BCUT2D eigenvalue weighted by molar-refractivity contribution is 6.33. The van der Waals surface area contributed by atoms with Gasteiger partial charge >= 0.3 is 12.4 Å². The lowest BCUT2D eigenvalue weighted by molar-refractivity contribution is -0.274. The fraction of sp³-hybridized carbons (Fsp3) is 0.261. The number of alkyl halides is 3. The number of fused-ring (bicyclic) bond motifs is 1. The third-order valence-electron chi connectivity index (χ3n) is 6.21. The van der Waals surface area contributed by atoms with Gasteiger partial charge < -0.3 is 10.1 Å². The normalized spacial score (nSPS) is 22.4. The van der Waals surface area contributed by atoms with Crippen molar-refractivity contribution >= 4 is 39.9 Å². The number of benzene rings is 2. The summed E-state index contributed by atoms with van der Waals surface area (Å²) in [6.45, 7) is 1.89. The van der Waals surface area contributed by atoms with Gasteiger partial charge in [0.1, 0.15) is 11.3 Å². The first-order chi connectivity index (χ1) is 15.7. The van der Waals surface area contributed by atoms with E-state index in [0.29, 0.717) is 23.0 Å². The second-order valence-electron chi connectivity index (χ2n) is 8.11. The van der Waals surface area contributed by atoms with E-state index in [1.165, 1.54) is 17.0 Å². The van der Waals surface area contributed by atoms with Crippen molar-refractivity contribution in [3.63, 3.8) is 0 Å². The summed E-state index contributed by atoms with van der Waals surface area (Å²) in [6, 6.07) is 11.4. The first kappa shape index (κ1) is 21.0. The minimum atomic E-state index is -4.83. The maximum Gasteiger partial charge on any atom is 0.573 e. The number of hydrogen-bond acceptors (Lipinski definition) is 5. The predicted molar refractivity (Wildman–Crippen MR) is 116 cm³/mol. The average molecular weight is 456 g/mol. The standard InChI is InChI=1S/C23H19F3N4O3/c1-13-12-22(13)20(31)29(14-6-8-15(9-7-14)33-23(24,25)26)21(32)30(22)18-10-11-28-17-5-3-4-16(27-2)19(17)18/h3-11,13,27H,12H2,1-2H3. The zero-order valence-corrected chi connectivity index (χ0v) is 17.7. The Morgan fingerprint density at radius 2 is 1.82 bits per heavy atom. The Morgan fingerprint density at radius 1 is 1.12 bits per heavy atom. The quantitative estimate of drug-likeness (QED) is 0.564. The number of pyridine rings is 1. The first-order valence-corrected chi connectivity index (χ1v) is 10.3. The summed E-state index contributed by atoms with van der Waals surface area (Å²) >= 11 is 0. The lowest BCUT2D eigenvalue weighted by Gasteiger charge is -2.24. The number of aromatic nitrogens is 1. The molecule has 2 aromatic carbocycles. The van der Waals surface area contributed by atoms with Crippen LogP contribution in [-0.2, 0) is 4.79 Å². The molecule has 3 aromatic rings. The van der Waals surface area contributed by atoms with Crippen LogP contribution in [0.4, 0.5) is 35.0 Å². The largest absolute Gasteiger partial charge is 0.573 e. The molecule has 1 saturated carbocycles. The van der Waals surface area contributed by atoms with Crippen molar-refractivity contribution < 1.29 is 27.5 Å². The molecule has 1 aliphatic carbocycles. The number of halogens is 3. The summed E-state index contributed by atoms with van der Waals surface area (Å²) in [5, 5.41) is 3.81. The number of anilines is 3. The second kappa shape index (κ2) is 7.09. The summed E-state index contributed by atoms with van der Waals surface area (Å²) < 4.78 is 41.4. The van der Waals surface area contributed by atoms with Crippen LogP contribution < -0.4 is 19.9 Å². The third kappa shape index (κ3) is 3.16. The van der Waals surface area contributed by atoms with Crippen molar-refractivity contribution in [2.45, 2.75) is 25.2 Å². The maximum atomic E-state index is 13.7. The molecule has 10 heteroatoms. The fourth-order valence-electron chi connectivity index (χ4n) is 4.59. The number of nitrogens with zero attached hydrogens (tertiary/aromatic N) is 3. The van der Waals surface area contributed by atoms with E-state index >= 15 is 0 Å². The minimum absolute atomic E-state index is 0.0863. The van der Waals surface area contributed by atoms with Gasteiger partial charge in [-0.05, 0) is 54.8 Å². The van der Waals surface area contributed by atoms with Gasteiger partial charge in [-0.2, -0.15) is 0 Å². The van der Waals surface area contributed by atoms with E-state index in [-0.39, 0.29) is 11.6 Å². The SMILES string of the molecule is CNc1cccc2nccc(N3C(=O)N(c4ccc(OC(F)(F)F)cc4)C(=O)C34CC4C)c12. The zero-order chi connectivity index (χ0) is 23.5. The zero-order valence-electron chi connectivity index (χ0n) is 17.7. The lowest BCUT2D eigenvalue weighted by Crippen LogP contribution is -2.39. The highest BCUT2D eigenvalue weighted by Gasteiger charge is 2.70. The summed E-state index contributed by atoms with van der Waals surface area (Å²) in [6.07, 6.45) is -2.77. The molecule has 1 N–H and O–H groups in total. The molecule has 2 atom stereocenters. The number of urea groups is 1. The van der Waals surface area contributed by atoms with E-state index in [2.05, 4.69) is 15.0 Å². The van der Waals surface area contributed by atoms with Gasteiger partial charge in [-0.1, -0.05) is 13.0 Å². The topological polar surface area (TPSA) is 74.8 Å². The molecule has 33 heavy (non-hydrogen) atoms. The molecule has 1 aliphatic heterocycles. The van der Waals surface area contributed by atoms with Crippen LogP contribution in [0.3, 0.4) is 0 Å². The summed E-state index contributed by atoms with van der Waals surface area (Å²) in [5.41, 5.74) is 1.09. The summed E-state index contributed by atoms with van der Waals surface area (Å²) in [7, 11) is 1.76. The number of carbonyl (C=O) groups is 2. The van der Waals surface area contributed by atoms with Crippen LogP contribution in [0.1, 0.15) is 13.3 Å². The Bertz CT molecular complexity index is 1270. The molecule has 7 nitrogen and oxygen atoms in total. The van der Waals surface area contributed by atoms with Gasteiger partial charge in [0, 0.05) is 24.3 Å². The molecule has 2 fully saturated rings. The van der Waals surface area contributed by atoms with E-state index in [0.717, 1.165) is 22.7 Å². The van der Waals surface area contributed by atoms with E-state index in [9.17, 15) is 22.8 Å². The average Bonchev–Trinajstić information content (AvgIpc) is 3.39. The van der Waals surface area contributed by atoms with Crippen LogP contribution >= 0.6 is 0 Å². The number of rotatable bonds is 4.